The Morgan fingerprint density at radius 2 is 2.04 bits per heavy atom. The summed E-state index contributed by atoms with van der Waals surface area (Å²) in [6.45, 7) is 2.29. The van der Waals surface area contributed by atoms with Crippen molar-refractivity contribution < 1.29 is 9.90 Å². The number of thioether (sulfide) groups is 1. The Balaban J connectivity index is 1.75. The fraction of sp³-hybridized carbons (Fsp3) is 0.238. The minimum Gasteiger partial charge on any atom is -0.481 e. The van der Waals surface area contributed by atoms with Gasteiger partial charge in [-0.25, -0.2) is 4.98 Å². The molecule has 7 heteroatoms. The maximum atomic E-state index is 11.7. The molecular formula is C21H21ClN2O2S2. The molecule has 0 bridgehead atoms. The molecule has 2 aromatic carbocycles. The predicted molar refractivity (Wildman–Crippen MR) is 119 cm³/mol. The van der Waals surface area contributed by atoms with E-state index in [-0.39, 0.29) is 0 Å². The van der Waals surface area contributed by atoms with Crippen molar-refractivity contribution >= 4 is 45.8 Å². The van der Waals surface area contributed by atoms with E-state index in [1.54, 1.807) is 11.8 Å². The molecule has 3 rings (SSSR count). The summed E-state index contributed by atoms with van der Waals surface area (Å²) in [5.74, 6) is -1.34. The number of aliphatic carboxylic acids is 1. The van der Waals surface area contributed by atoms with Crippen LogP contribution in [0.1, 0.15) is 11.1 Å². The summed E-state index contributed by atoms with van der Waals surface area (Å²) in [5, 5.41) is 14.3. The molecule has 0 amide bonds. The lowest BCUT2D eigenvalue weighted by Crippen LogP contribution is -2.25. The molecular weight excluding hydrogens is 412 g/mol. The number of nitrogens with one attached hydrogen (secondary N) is 1. The van der Waals surface area contributed by atoms with E-state index in [4.69, 9.17) is 16.6 Å². The van der Waals surface area contributed by atoms with Crippen molar-refractivity contribution in [2.24, 2.45) is 5.92 Å². The van der Waals surface area contributed by atoms with Gasteiger partial charge in [-0.2, -0.15) is 0 Å². The second kappa shape index (κ2) is 9.45. The second-order valence-corrected chi connectivity index (χ2v) is 8.91. The van der Waals surface area contributed by atoms with Gasteiger partial charge in [-0.05, 0) is 42.9 Å². The molecule has 3 aromatic rings. The van der Waals surface area contributed by atoms with E-state index in [1.165, 1.54) is 11.3 Å². The third kappa shape index (κ3) is 5.07. The number of aryl methyl sites for hydroxylation is 1. The van der Waals surface area contributed by atoms with Gasteiger partial charge in [0, 0.05) is 17.1 Å². The van der Waals surface area contributed by atoms with Crippen molar-refractivity contribution in [1.29, 1.82) is 0 Å². The molecule has 0 spiro atoms. The van der Waals surface area contributed by atoms with Gasteiger partial charge in [0.1, 0.15) is 0 Å². The van der Waals surface area contributed by atoms with Crippen molar-refractivity contribution in [3.05, 3.63) is 64.7 Å². The van der Waals surface area contributed by atoms with Crippen LogP contribution in [0.15, 0.2) is 52.7 Å². The summed E-state index contributed by atoms with van der Waals surface area (Å²) >= 11 is 9.31. The molecule has 0 saturated carbocycles. The highest BCUT2D eigenvalue weighted by Crippen LogP contribution is 2.38. The first-order valence-electron chi connectivity index (χ1n) is 8.80. The van der Waals surface area contributed by atoms with Crippen molar-refractivity contribution in [2.45, 2.75) is 17.6 Å². The molecule has 4 nitrogen and oxygen atoms in total. The van der Waals surface area contributed by atoms with Crippen LogP contribution in [0.25, 0.3) is 11.3 Å². The highest BCUT2D eigenvalue weighted by atomic mass is 35.5. The Morgan fingerprint density at radius 1 is 1.29 bits per heavy atom. The number of halogens is 1. The highest BCUT2D eigenvalue weighted by Gasteiger charge is 2.20. The molecule has 1 atom stereocenters. The average molecular weight is 433 g/mol. The quantitative estimate of drug-likeness (QED) is 0.437. The number of rotatable bonds is 8. The van der Waals surface area contributed by atoms with E-state index in [1.807, 2.05) is 61.7 Å². The van der Waals surface area contributed by atoms with Gasteiger partial charge in [0.05, 0.1) is 15.8 Å². The van der Waals surface area contributed by atoms with Gasteiger partial charge < -0.3 is 10.4 Å². The number of nitrogens with zero attached hydrogens (tertiary/aromatic N) is 1. The van der Waals surface area contributed by atoms with Crippen LogP contribution in [-0.4, -0.2) is 28.9 Å². The van der Waals surface area contributed by atoms with Gasteiger partial charge >= 0.3 is 5.97 Å². The molecule has 2 N–H and O–H groups in total. The zero-order chi connectivity index (χ0) is 20.1. The number of anilines is 1. The van der Waals surface area contributed by atoms with Crippen LogP contribution in [0.5, 0.6) is 0 Å². The van der Waals surface area contributed by atoms with Gasteiger partial charge in [-0.1, -0.05) is 59.3 Å². The summed E-state index contributed by atoms with van der Waals surface area (Å²) < 4.78 is 1.08. The Kier molecular flexibility index (Phi) is 6.99. The predicted octanol–water partition coefficient (Wildman–Crippen LogP) is 5.85. The van der Waals surface area contributed by atoms with Crippen molar-refractivity contribution in [1.82, 2.24) is 4.98 Å². The first-order chi connectivity index (χ1) is 13.5. The molecule has 1 aromatic heterocycles. The average Bonchev–Trinajstić information content (AvgIpc) is 3.11. The lowest BCUT2D eigenvalue weighted by atomic mass is 9.99. The van der Waals surface area contributed by atoms with Crippen LogP contribution in [0.4, 0.5) is 5.13 Å². The molecule has 0 saturated heterocycles. The number of benzene rings is 2. The zero-order valence-corrected chi connectivity index (χ0v) is 18.0. The molecule has 0 fully saturated rings. The van der Waals surface area contributed by atoms with Crippen molar-refractivity contribution in [3.63, 3.8) is 0 Å². The first-order valence-corrected chi connectivity index (χ1v) is 11.2. The summed E-state index contributed by atoms with van der Waals surface area (Å²) in [4.78, 5) is 16.4. The molecule has 1 unspecified atom stereocenters. The highest BCUT2D eigenvalue weighted by molar-refractivity contribution is 8.00. The topological polar surface area (TPSA) is 62.2 Å². The van der Waals surface area contributed by atoms with Crippen LogP contribution in [0.3, 0.4) is 0 Å². The van der Waals surface area contributed by atoms with Crippen LogP contribution in [-0.2, 0) is 11.2 Å². The van der Waals surface area contributed by atoms with Crippen molar-refractivity contribution in [2.75, 3.05) is 18.1 Å². The maximum Gasteiger partial charge on any atom is 0.308 e. The van der Waals surface area contributed by atoms with Crippen LogP contribution >= 0.6 is 34.7 Å². The smallest absolute Gasteiger partial charge is 0.308 e. The number of carboxylic acid groups (broad SMARTS) is 1. The lowest BCUT2D eigenvalue weighted by molar-refractivity contribution is -0.141. The summed E-state index contributed by atoms with van der Waals surface area (Å²) in [7, 11) is 0. The number of hydrogen-bond donors (Lipinski definition) is 2. The van der Waals surface area contributed by atoms with Gasteiger partial charge in [0.15, 0.2) is 5.13 Å². The molecule has 1 heterocycles. The van der Waals surface area contributed by atoms with E-state index in [0.29, 0.717) is 13.0 Å². The SMILES string of the molecule is CSc1sc(NCC(Cc2ccccc2)C(=O)O)nc1-c1ccc(Cl)c(C)c1. The minimum atomic E-state index is -0.813. The van der Waals surface area contributed by atoms with Gasteiger partial charge in [0.2, 0.25) is 0 Å². The van der Waals surface area contributed by atoms with E-state index in [9.17, 15) is 9.90 Å². The van der Waals surface area contributed by atoms with E-state index >= 15 is 0 Å². The Hall–Kier alpha value is -2.02. The first kappa shape index (κ1) is 20.7. The fourth-order valence-electron chi connectivity index (χ4n) is 2.85. The summed E-state index contributed by atoms with van der Waals surface area (Å²) in [6, 6.07) is 15.5. The Labute approximate surface area is 178 Å². The zero-order valence-electron chi connectivity index (χ0n) is 15.6. The molecule has 28 heavy (non-hydrogen) atoms. The Morgan fingerprint density at radius 3 is 2.68 bits per heavy atom. The van der Waals surface area contributed by atoms with E-state index in [0.717, 1.165) is 36.7 Å². The molecule has 0 aliphatic rings. The number of hydrogen-bond acceptors (Lipinski definition) is 5. The van der Waals surface area contributed by atoms with Crippen LogP contribution in [0.2, 0.25) is 5.02 Å². The molecule has 0 radical (unpaired) electrons. The van der Waals surface area contributed by atoms with Crippen LogP contribution in [0, 0.1) is 12.8 Å². The third-order valence-electron chi connectivity index (χ3n) is 4.39. The second-order valence-electron chi connectivity index (χ2n) is 6.43. The molecule has 0 aliphatic heterocycles. The van der Waals surface area contributed by atoms with E-state index < -0.39 is 11.9 Å². The van der Waals surface area contributed by atoms with Crippen molar-refractivity contribution in [3.8, 4) is 11.3 Å². The van der Waals surface area contributed by atoms with Crippen LogP contribution < -0.4 is 5.32 Å². The fourth-order valence-corrected chi connectivity index (χ4v) is 4.62. The standard InChI is InChI=1S/C21H21ClN2O2S2/c1-13-10-15(8-9-17(13)22)18-20(27-2)28-21(24-18)23-12-16(19(25)26)11-14-6-4-3-5-7-14/h3-10,16H,11-12H2,1-2H3,(H,23,24)(H,25,26). The van der Waals surface area contributed by atoms with Gasteiger partial charge in [0.25, 0.3) is 0 Å². The lowest BCUT2D eigenvalue weighted by Gasteiger charge is -2.13. The molecule has 146 valence electrons. The summed E-state index contributed by atoms with van der Waals surface area (Å²) in [6.07, 6.45) is 2.49. The normalized spacial score (nSPS) is 12.0. The molecule has 0 aliphatic carbocycles. The Bertz CT molecular complexity index is 960. The number of carboxylic acids is 1. The largest absolute Gasteiger partial charge is 0.481 e. The number of aromatic nitrogens is 1. The maximum absolute atomic E-state index is 11.7. The third-order valence-corrected chi connectivity index (χ3v) is 6.93. The monoisotopic (exact) mass is 432 g/mol. The van der Waals surface area contributed by atoms with Gasteiger partial charge in [-0.15, -0.1) is 11.8 Å². The minimum absolute atomic E-state index is 0.324. The number of thiazole rings is 1. The van der Waals surface area contributed by atoms with Gasteiger partial charge in [-0.3, -0.25) is 4.79 Å². The number of carbonyl (C=O) groups is 1. The summed E-state index contributed by atoms with van der Waals surface area (Å²) in [5.41, 5.74) is 3.92. The van der Waals surface area contributed by atoms with E-state index in [2.05, 4.69) is 5.32 Å².